The van der Waals surface area contributed by atoms with E-state index in [-0.39, 0.29) is 6.04 Å². The third-order valence-corrected chi connectivity index (χ3v) is 4.15. The summed E-state index contributed by atoms with van der Waals surface area (Å²) in [6, 6.07) is 7.01. The van der Waals surface area contributed by atoms with E-state index in [2.05, 4.69) is 17.4 Å². The fraction of sp³-hybridized carbons (Fsp3) is 0.368. The van der Waals surface area contributed by atoms with Gasteiger partial charge in [-0.15, -0.1) is 0 Å². The summed E-state index contributed by atoms with van der Waals surface area (Å²) in [6.07, 6.45) is 0.697. The Morgan fingerprint density at radius 2 is 1.59 bits per heavy atom. The van der Waals surface area contributed by atoms with E-state index in [1.54, 1.807) is 13.1 Å². The summed E-state index contributed by atoms with van der Waals surface area (Å²) in [4.78, 5) is 0. The lowest BCUT2D eigenvalue weighted by Crippen LogP contribution is -2.17. The second-order valence-electron chi connectivity index (χ2n) is 5.88. The van der Waals surface area contributed by atoms with E-state index in [1.165, 1.54) is 11.6 Å². The predicted molar refractivity (Wildman–Crippen MR) is 88.1 cm³/mol. The summed E-state index contributed by atoms with van der Waals surface area (Å²) in [5.74, 6) is -1.55. The van der Waals surface area contributed by atoms with E-state index < -0.39 is 11.6 Å². The monoisotopic (exact) mass is 303 g/mol. The first-order valence-electron chi connectivity index (χ1n) is 7.63. The molecule has 0 saturated heterocycles. The molecule has 2 rings (SSSR count). The first kappa shape index (κ1) is 16.6. The minimum absolute atomic E-state index is 0.194. The summed E-state index contributed by atoms with van der Waals surface area (Å²) in [7, 11) is 1.76. The van der Waals surface area contributed by atoms with Gasteiger partial charge in [0, 0.05) is 11.6 Å². The second kappa shape index (κ2) is 6.57. The van der Waals surface area contributed by atoms with E-state index >= 15 is 0 Å². The van der Waals surface area contributed by atoms with Crippen molar-refractivity contribution in [1.82, 2.24) is 5.32 Å². The van der Waals surface area contributed by atoms with Crippen molar-refractivity contribution in [3.8, 4) is 11.1 Å². The van der Waals surface area contributed by atoms with Crippen LogP contribution < -0.4 is 5.32 Å². The van der Waals surface area contributed by atoms with Gasteiger partial charge in [0.15, 0.2) is 11.6 Å². The third kappa shape index (κ3) is 3.05. The zero-order valence-corrected chi connectivity index (χ0v) is 13.8. The highest BCUT2D eigenvalue weighted by Gasteiger charge is 2.19. The predicted octanol–water partition coefficient (Wildman–Crippen LogP) is 5.23. The summed E-state index contributed by atoms with van der Waals surface area (Å²) in [5.41, 5.74) is 5.43. The van der Waals surface area contributed by atoms with Crippen molar-refractivity contribution in [1.29, 1.82) is 0 Å². The van der Waals surface area contributed by atoms with Crippen molar-refractivity contribution < 1.29 is 8.78 Å². The molecular formula is C19H23F2N. The lowest BCUT2D eigenvalue weighted by molar-refractivity contribution is 0.470. The molecule has 3 heteroatoms. The van der Waals surface area contributed by atoms with E-state index in [4.69, 9.17) is 0 Å². The molecule has 0 amide bonds. The Kier molecular flexibility index (Phi) is 4.97. The molecule has 1 unspecified atom stereocenters. The van der Waals surface area contributed by atoms with Crippen molar-refractivity contribution in [2.45, 2.75) is 40.2 Å². The van der Waals surface area contributed by atoms with Gasteiger partial charge in [0.2, 0.25) is 0 Å². The van der Waals surface area contributed by atoms with Gasteiger partial charge in [-0.2, -0.15) is 0 Å². The van der Waals surface area contributed by atoms with E-state index in [1.807, 2.05) is 27.7 Å². The fourth-order valence-corrected chi connectivity index (χ4v) is 3.22. The molecule has 0 heterocycles. The largest absolute Gasteiger partial charge is 0.313 e. The number of halogens is 2. The van der Waals surface area contributed by atoms with Gasteiger partial charge in [0.25, 0.3) is 0 Å². The topological polar surface area (TPSA) is 12.0 Å². The molecule has 0 fully saturated rings. The molecule has 0 saturated carbocycles. The zero-order valence-electron chi connectivity index (χ0n) is 13.8. The molecule has 0 spiro atoms. The molecule has 0 aromatic heterocycles. The standard InChI is InChI=1S/C19H23F2N/c1-6-17(22-5)15-9-14(10-16(20)19(15)21)18-12(3)7-11(2)8-13(18)4/h7-10,17,22H,6H2,1-5H3. The normalized spacial score (nSPS) is 12.5. The Morgan fingerprint density at radius 1 is 1.00 bits per heavy atom. The maximum absolute atomic E-state index is 14.2. The summed E-state index contributed by atoms with van der Waals surface area (Å²) in [6.45, 7) is 8.00. The van der Waals surface area contributed by atoms with Crippen molar-refractivity contribution in [2.75, 3.05) is 7.05 Å². The molecule has 0 bridgehead atoms. The van der Waals surface area contributed by atoms with Gasteiger partial charge in [-0.1, -0.05) is 24.6 Å². The third-order valence-electron chi connectivity index (χ3n) is 4.15. The molecule has 0 aliphatic carbocycles. The van der Waals surface area contributed by atoms with Crippen LogP contribution in [0.5, 0.6) is 0 Å². The van der Waals surface area contributed by atoms with Gasteiger partial charge < -0.3 is 5.32 Å². The van der Waals surface area contributed by atoms with Gasteiger partial charge in [0.05, 0.1) is 0 Å². The van der Waals surface area contributed by atoms with Gasteiger partial charge in [-0.3, -0.25) is 0 Å². The summed E-state index contributed by atoms with van der Waals surface area (Å²) < 4.78 is 28.3. The fourth-order valence-electron chi connectivity index (χ4n) is 3.22. The number of hydrogen-bond acceptors (Lipinski definition) is 1. The highest BCUT2D eigenvalue weighted by molar-refractivity contribution is 5.72. The van der Waals surface area contributed by atoms with Gasteiger partial charge in [-0.05, 0) is 68.6 Å². The Balaban J connectivity index is 2.68. The van der Waals surface area contributed by atoms with Crippen LogP contribution in [0.4, 0.5) is 8.78 Å². The van der Waals surface area contributed by atoms with E-state index in [0.29, 0.717) is 12.0 Å². The van der Waals surface area contributed by atoms with Crippen molar-refractivity contribution in [3.05, 3.63) is 58.2 Å². The second-order valence-corrected chi connectivity index (χ2v) is 5.88. The molecular weight excluding hydrogens is 280 g/mol. The van der Waals surface area contributed by atoms with Gasteiger partial charge >= 0.3 is 0 Å². The number of rotatable bonds is 4. The molecule has 2 aromatic rings. The van der Waals surface area contributed by atoms with Crippen LogP contribution in [0.1, 0.15) is 41.6 Å². The summed E-state index contributed by atoms with van der Waals surface area (Å²) in [5, 5.41) is 3.05. The van der Waals surface area contributed by atoms with Crippen LogP contribution in [0.25, 0.3) is 11.1 Å². The molecule has 0 radical (unpaired) electrons. The Hall–Kier alpha value is -1.74. The van der Waals surface area contributed by atoms with Crippen LogP contribution in [-0.4, -0.2) is 7.05 Å². The molecule has 0 aliphatic rings. The van der Waals surface area contributed by atoms with Crippen LogP contribution in [0.15, 0.2) is 24.3 Å². The molecule has 22 heavy (non-hydrogen) atoms. The van der Waals surface area contributed by atoms with E-state index in [0.717, 1.165) is 22.3 Å². The lowest BCUT2D eigenvalue weighted by atomic mass is 9.91. The molecule has 118 valence electrons. The number of benzene rings is 2. The number of aryl methyl sites for hydroxylation is 3. The average molecular weight is 303 g/mol. The van der Waals surface area contributed by atoms with Crippen LogP contribution >= 0.6 is 0 Å². The van der Waals surface area contributed by atoms with Crippen LogP contribution in [0, 0.1) is 32.4 Å². The van der Waals surface area contributed by atoms with Crippen LogP contribution in [0.2, 0.25) is 0 Å². The van der Waals surface area contributed by atoms with Crippen LogP contribution in [0.3, 0.4) is 0 Å². The molecule has 2 aromatic carbocycles. The molecule has 1 atom stereocenters. The minimum atomic E-state index is -0.791. The van der Waals surface area contributed by atoms with E-state index in [9.17, 15) is 8.78 Å². The van der Waals surface area contributed by atoms with Crippen LogP contribution in [-0.2, 0) is 0 Å². The van der Waals surface area contributed by atoms with Crippen molar-refractivity contribution in [2.24, 2.45) is 0 Å². The van der Waals surface area contributed by atoms with Gasteiger partial charge in [0.1, 0.15) is 0 Å². The van der Waals surface area contributed by atoms with Crippen molar-refractivity contribution in [3.63, 3.8) is 0 Å². The summed E-state index contributed by atoms with van der Waals surface area (Å²) >= 11 is 0. The Labute approximate surface area is 131 Å². The highest BCUT2D eigenvalue weighted by atomic mass is 19.2. The molecule has 1 nitrogen and oxygen atoms in total. The first-order valence-corrected chi connectivity index (χ1v) is 7.63. The number of nitrogens with one attached hydrogen (secondary N) is 1. The molecule has 1 N–H and O–H groups in total. The Bertz CT molecular complexity index is 665. The minimum Gasteiger partial charge on any atom is -0.313 e. The molecule has 0 aliphatic heterocycles. The quantitative estimate of drug-likeness (QED) is 0.815. The van der Waals surface area contributed by atoms with Gasteiger partial charge in [-0.25, -0.2) is 8.78 Å². The average Bonchev–Trinajstić information content (AvgIpc) is 2.44. The lowest BCUT2D eigenvalue weighted by Gasteiger charge is -2.19. The maximum atomic E-state index is 14.2. The zero-order chi connectivity index (χ0) is 16.4. The highest BCUT2D eigenvalue weighted by Crippen LogP contribution is 2.33. The Morgan fingerprint density at radius 3 is 2.09 bits per heavy atom. The first-order chi connectivity index (χ1) is 10.4. The number of hydrogen-bond donors (Lipinski definition) is 1. The SMILES string of the molecule is CCC(NC)c1cc(-c2c(C)cc(C)cc2C)cc(F)c1F. The van der Waals surface area contributed by atoms with Crippen molar-refractivity contribution >= 4 is 0 Å². The smallest absolute Gasteiger partial charge is 0.163 e. The maximum Gasteiger partial charge on any atom is 0.163 e.